The summed E-state index contributed by atoms with van der Waals surface area (Å²) in [6, 6.07) is 5.83. The second-order valence-corrected chi connectivity index (χ2v) is 11.4. The summed E-state index contributed by atoms with van der Waals surface area (Å²) < 4.78 is 39.0. The normalized spacial score (nSPS) is 20.6. The van der Waals surface area contributed by atoms with E-state index in [4.69, 9.17) is 29.0 Å². The van der Waals surface area contributed by atoms with E-state index in [1.807, 2.05) is 22.9 Å². The molecule has 2 saturated heterocycles. The Kier molecular flexibility index (Phi) is 7.17. The molecule has 2 atom stereocenters. The zero-order valence-electron chi connectivity index (χ0n) is 20.0. The van der Waals surface area contributed by atoms with Crippen LogP contribution in [0.4, 0.5) is 5.82 Å². The lowest BCUT2D eigenvalue weighted by Crippen LogP contribution is -2.36. The molecule has 2 fully saturated rings. The number of ether oxygens (including phenoxy) is 3. The topological polar surface area (TPSA) is 115 Å². The molecule has 2 aliphatic rings. The quantitative estimate of drug-likeness (QED) is 0.468. The van der Waals surface area contributed by atoms with Crippen molar-refractivity contribution in [1.82, 2.24) is 19.7 Å². The van der Waals surface area contributed by atoms with Crippen molar-refractivity contribution in [2.24, 2.45) is 0 Å². The van der Waals surface area contributed by atoms with E-state index in [1.54, 1.807) is 12.4 Å². The standard InChI is InChI=1S/C24H32N6O4S/c1-35(25,31)16-4-13-33-20-17-21(29-10-14-32-15-11-29)28-23-18(20)6-8-26-24(23)19-7-9-27-30(19)22-5-2-3-12-34-22/h6-9,17,22,25H,2-5,10-16H2,1H3. The van der Waals surface area contributed by atoms with Gasteiger partial charge in [-0.25, -0.2) is 9.67 Å². The molecule has 10 nitrogen and oxygen atoms in total. The Morgan fingerprint density at radius 1 is 1.20 bits per heavy atom. The number of rotatable bonds is 8. The van der Waals surface area contributed by atoms with Crippen molar-refractivity contribution in [3.05, 3.63) is 30.6 Å². The van der Waals surface area contributed by atoms with E-state index in [0.717, 1.165) is 67.1 Å². The summed E-state index contributed by atoms with van der Waals surface area (Å²) in [5.74, 6) is 1.82. The molecular weight excluding hydrogens is 468 g/mol. The van der Waals surface area contributed by atoms with E-state index in [-0.39, 0.29) is 6.23 Å². The lowest BCUT2D eigenvalue weighted by atomic mass is 10.1. The van der Waals surface area contributed by atoms with E-state index in [1.165, 1.54) is 6.26 Å². The highest BCUT2D eigenvalue weighted by molar-refractivity contribution is 7.91. The number of nitrogens with one attached hydrogen (secondary N) is 1. The molecule has 11 heteroatoms. The molecule has 0 saturated carbocycles. The Bertz CT molecular complexity index is 1270. The fourth-order valence-electron chi connectivity index (χ4n) is 4.53. The van der Waals surface area contributed by atoms with Crippen LogP contribution in [0.2, 0.25) is 0 Å². The van der Waals surface area contributed by atoms with Gasteiger partial charge >= 0.3 is 0 Å². The zero-order chi connectivity index (χ0) is 24.3. The molecule has 1 N–H and O–H groups in total. The molecule has 0 aliphatic carbocycles. The van der Waals surface area contributed by atoms with Gasteiger partial charge in [0.15, 0.2) is 6.23 Å². The van der Waals surface area contributed by atoms with Crippen LogP contribution in [0, 0.1) is 4.78 Å². The van der Waals surface area contributed by atoms with E-state index in [0.29, 0.717) is 37.7 Å². The second kappa shape index (κ2) is 10.5. The summed E-state index contributed by atoms with van der Waals surface area (Å²) in [5, 5.41) is 5.42. The molecule has 0 spiro atoms. The van der Waals surface area contributed by atoms with Crippen molar-refractivity contribution >= 4 is 26.4 Å². The molecule has 0 radical (unpaired) electrons. The van der Waals surface area contributed by atoms with Gasteiger partial charge < -0.3 is 19.1 Å². The first-order valence-corrected chi connectivity index (χ1v) is 14.3. The minimum absolute atomic E-state index is 0.113. The molecule has 35 heavy (non-hydrogen) atoms. The number of aromatic nitrogens is 4. The molecular formula is C24H32N6O4S. The molecule has 5 heterocycles. The highest BCUT2D eigenvalue weighted by atomic mass is 32.2. The predicted octanol–water partition coefficient (Wildman–Crippen LogP) is 3.47. The Morgan fingerprint density at radius 3 is 2.83 bits per heavy atom. The first-order valence-electron chi connectivity index (χ1n) is 12.1. The third-order valence-electron chi connectivity index (χ3n) is 6.29. The largest absolute Gasteiger partial charge is 0.493 e. The van der Waals surface area contributed by atoms with Crippen molar-refractivity contribution in [1.29, 1.82) is 4.78 Å². The number of nitrogens with zero attached hydrogens (tertiary/aromatic N) is 5. The summed E-state index contributed by atoms with van der Waals surface area (Å²) in [6.07, 6.45) is 8.52. The fourth-order valence-corrected chi connectivity index (χ4v) is 5.20. The van der Waals surface area contributed by atoms with Crippen molar-refractivity contribution in [3.8, 4) is 17.1 Å². The monoisotopic (exact) mass is 500 g/mol. The molecule has 188 valence electrons. The van der Waals surface area contributed by atoms with Crippen LogP contribution < -0.4 is 9.64 Å². The Morgan fingerprint density at radius 2 is 2.06 bits per heavy atom. The van der Waals surface area contributed by atoms with Gasteiger partial charge in [0.25, 0.3) is 0 Å². The number of morpholine rings is 1. The van der Waals surface area contributed by atoms with E-state index >= 15 is 0 Å². The highest BCUT2D eigenvalue weighted by Crippen LogP contribution is 2.36. The highest BCUT2D eigenvalue weighted by Gasteiger charge is 2.23. The van der Waals surface area contributed by atoms with Gasteiger partial charge in [0.1, 0.15) is 22.8 Å². The van der Waals surface area contributed by atoms with Crippen LogP contribution in [0.25, 0.3) is 22.3 Å². The smallest absolute Gasteiger partial charge is 0.150 e. The van der Waals surface area contributed by atoms with Gasteiger partial charge in [0, 0.05) is 65.3 Å². The minimum atomic E-state index is -2.54. The van der Waals surface area contributed by atoms with E-state index in [2.05, 4.69) is 10.00 Å². The Balaban J connectivity index is 1.55. The van der Waals surface area contributed by atoms with Crippen LogP contribution in [0.15, 0.2) is 30.6 Å². The lowest BCUT2D eigenvalue weighted by Gasteiger charge is -2.28. The van der Waals surface area contributed by atoms with Gasteiger partial charge in [0.05, 0.1) is 25.5 Å². The average molecular weight is 501 g/mol. The minimum Gasteiger partial charge on any atom is -0.493 e. The van der Waals surface area contributed by atoms with Gasteiger partial charge in [-0.1, -0.05) is 0 Å². The van der Waals surface area contributed by atoms with Crippen LogP contribution in [-0.2, 0) is 19.2 Å². The third kappa shape index (κ3) is 5.57. The van der Waals surface area contributed by atoms with Crippen molar-refractivity contribution in [3.63, 3.8) is 0 Å². The molecule has 0 aromatic carbocycles. The van der Waals surface area contributed by atoms with Crippen LogP contribution in [-0.4, -0.2) is 75.5 Å². The van der Waals surface area contributed by atoms with Crippen LogP contribution in [0.3, 0.4) is 0 Å². The number of fused-ring (bicyclic) bond motifs is 1. The van der Waals surface area contributed by atoms with Gasteiger partial charge in [-0.15, -0.1) is 0 Å². The molecule has 5 rings (SSSR count). The van der Waals surface area contributed by atoms with E-state index < -0.39 is 9.73 Å². The predicted molar refractivity (Wildman–Crippen MR) is 134 cm³/mol. The van der Waals surface area contributed by atoms with Gasteiger partial charge in [-0.3, -0.25) is 14.0 Å². The lowest BCUT2D eigenvalue weighted by molar-refractivity contribution is -0.0383. The van der Waals surface area contributed by atoms with Gasteiger partial charge in [-0.05, 0) is 37.8 Å². The first-order chi connectivity index (χ1) is 17.0. The maximum atomic E-state index is 11.8. The van der Waals surface area contributed by atoms with E-state index in [9.17, 15) is 4.21 Å². The third-order valence-corrected chi connectivity index (χ3v) is 7.36. The molecule has 3 aromatic rings. The van der Waals surface area contributed by atoms with Crippen LogP contribution >= 0.6 is 0 Å². The van der Waals surface area contributed by atoms with Gasteiger partial charge in [-0.2, -0.15) is 5.10 Å². The molecule has 2 aliphatic heterocycles. The molecule has 2 unspecified atom stereocenters. The van der Waals surface area contributed by atoms with Crippen molar-refractivity contribution < 1.29 is 18.4 Å². The fraction of sp³-hybridized carbons (Fsp3) is 0.542. The summed E-state index contributed by atoms with van der Waals surface area (Å²) in [6.45, 7) is 3.89. The van der Waals surface area contributed by atoms with Crippen molar-refractivity contribution in [2.45, 2.75) is 31.9 Å². The molecule has 0 amide bonds. The summed E-state index contributed by atoms with van der Waals surface area (Å²) in [4.78, 5) is 12.0. The van der Waals surface area contributed by atoms with Crippen LogP contribution in [0.1, 0.15) is 31.9 Å². The number of hydrogen-bond donors (Lipinski definition) is 1. The van der Waals surface area contributed by atoms with Crippen LogP contribution in [0.5, 0.6) is 5.75 Å². The number of hydrogen-bond acceptors (Lipinski definition) is 9. The SMILES string of the molecule is CS(=N)(=O)CCCOc1cc(N2CCOCC2)nc2c(-c3ccnn3C3CCCCO3)nccc12. The summed E-state index contributed by atoms with van der Waals surface area (Å²) in [5.41, 5.74) is 2.33. The van der Waals surface area contributed by atoms with Crippen molar-refractivity contribution in [2.75, 3.05) is 56.4 Å². The number of anilines is 1. The second-order valence-electron chi connectivity index (χ2n) is 9.03. The average Bonchev–Trinajstić information content (AvgIpc) is 3.36. The first kappa shape index (κ1) is 24.0. The Hall–Kier alpha value is -2.76. The summed E-state index contributed by atoms with van der Waals surface area (Å²) >= 11 is 0. The number of pyridine rings is 2. The van der Waals surface area contributed by atoms with Gasteiger partial charge in [0.2, 0.25) is 0 Å². The maximum absolute atomic E-state index is 11.8. The maximum Gasteiger partial charge on any atom is 0.150 e. The summed E-state index contributed by atoms with van der Waals surface area (Å²) in [7, 11) is -2.54. The Labute approximate surface area is 205 Å². The molecule has 0 bridgehead atoms. The molecule has 3 aromatic heterocycles. The zero-order valence-corrected chi connectivity index (χ0v) is 20.8.